The van der Waals surface area contributed by atoms with Crippen molar-refractivity contribution in [2.75, 3.05) is 6.54 Å². The van der Waals surface area contributed by atoms with Crippen LogP contribution >= 0.6 is 0 Å². The van der Waals surface area contributed by atoms with Gasteiger partial charge in [0.15, 0.2) is 0 Å². The van der Waals surface area contributed by atoms with Crippen molar-refractivity contribution in [1.82, 2.24) is 5.32 Å². The number of hydrogen-bond acceptors (Lipinski definition) is 2. The van der Waals surface area contributed by atoms with Crippen molar-refractivity contribution in [3.63, 3.8) is 0 Å². The molecule has 1 N–H and O–H groups in total. The summed E-state index contributed by atoms with van der Waals surface area (Å²) in [5, 5.41) is 3.50. The van der Waals surface area contributed by atoms with E-state index in [1.165, 1.54) is 11.1 Å². The number of para-hydroxylation sites is 1. The van der Waals surface area contributed by atoms with Crippen molar-refractivity contribution < 1.29 is 4.74 Å². The van der Waals surface area contributed by atoms with E-state index in [2.05, 4.69) is 31.0 Å². The van der Waals surface area contributed by atoms with Crippen LogP contribution in [0.5, 0.6) is 5.75 Å². The summed E-state index contributed by atoms with van der Waals surface area (Å²) in [4.78, 5) is 0. The third-order valence-corrected chi connectivity index (χ3v) is 3.27. The fourth-order valence-electron chi connectivity index (χ4n) is 2.32. The average Bonchev–Trinajstić information content (AvgIpc) is 2.55. The second kappa shape index (κ2) is 6.39. The van der Waals surface area contributed by atoms with Gasteiger partial charge in [0.2, 0.25) is 0 Å². The van der Waals surface area contributed by atoms with Crippen LogP contribution in [-0.4, -0.2) is 6.54 Å². The fourth-order valence-corrected chi connectivity index (χ4v) is 2.32. The number of fused-ring (bicyclic) bond motifs is 1. The van der Waals surface area contributed by atoms with Gasteiger partial charge in [-0.3, -0.25) is 0 Å². The monoisotopic (exact) mass is 255 g/mol. The first kappa shape index (κ1) is 13.6. The van der Waals surface area contributed by atoms with E-state index >= 15 is 0 Å². The Morgan fingerprint density at radius 1 is 1.42 bits per heavy atom. The molecule has 0 aromatic heterocycles. The highest BCUT2D eigenvalue weighted by Crippen LogP contribution is 2.35. The third-order valence-electron chi connectivity index (χ3n) is 3.27. The molecule has 0 amide bonds. The minimum absolute atomic E-state index is 0.275. The molecule has 0 radical (unpaired) electrons. The van der Waals surface area contributed by atoms with E-state index < -0.39 is 0 Å². The van der Waals surface area contributed by atoms with Gasteiger partial charge in [-0.25, -0.2) is 0 Å². The summed E-state index contributed by atoms with van der Waals surface area (Å²) in [6, 6.07) is 8.50. The van der Waals surface area contributed by atoms with Gasteiger partial charge < -0.3 is 10.1 Å². The lowest BCUT2D eigenvalue weighted by atomic mass is 9.99. The van der Waals surface area contributed by atoms with Crippen LogP contribution in [0, 0.1) is 0 Å². The molecule has 1 unspecified atom stereocenters. The number of hydrogen-bond donors (Lipinski definition) is 1. The maximum Gasteiger partial charge on any atom is 0.132 e. The van der Waals surface area contributed by atoms with E-state index in [0.29, 0.717) is 0 Å². The molecule has 0 saturated carbocycles. The zero-order valence-corrected chi connectivity index (χ0v) is 11.6. The minimum Gasteiger partial charge on any atom is -0.457 e. The van der Waals surface area contributed by atoms with E-state index in [4.69, 9.17) is 4.74 Å². The molecule has 1 aliphatic rings. The van der Waals surface area contributed by atoms with E-state index in [9.17, 15) is 0 Å². The Bertz CT molecular complexity index is 514. The lowest BCUT2D eigenvalue weighted by Gasteiger charge is -2.17. The number of ether oxygens (including phenoxy) is 1. The standard InChI is InChI=1S/C17H21NO/c1-4-8-16-13(3)12-15(18-11-5-2)14-9-6-7-10-17(14)19-16/h4-10,15,18H,2,11-12H2,1,3H3/b8-4-. The van der Waals surface area contributed by atoms with Crippen molar-refractivity contribution >= 4 is 0 Å². The summed E-state index contributed by atoms with van der Waals surface area (Å²) in [6.07, 6.45) is 6.88. The summed E-state index contributed by atoms with van der Waals surface area (Å²) in [7, 11) is 0. The topological polar surface area (TPSA) is 21.3 Å². The Labute approximate surface area is 115 Å². The Hall–Kier alpha value is -1.80. The fraction of sp³-hybridized carbons (Fsp3) is 0.294. The van der Waals surface area contributed by atoms with Gasteiger partial charge in [0.25, 0.3) is 0 Å². The predicted molar refractivity (Wildman–Crippen MR) is 80.1 cm³/mol. The van der Waals surface area contributed by atoms with Crippen LogP contribution in [0.15, 0.2) is 60.4 Å². The Morgan fingerprint density at radius 2 is 2.21 bits per heavy atom. The van der Waals surface area contributed by atoms with E-state index in [1.807, 2.05) is 37.3 Å². The Balaban J connectivity index is 2.38. The van der Waals surface area contributed by atoms with Gasteiger partial charge >= 0.3 is 0 Å². The van der Waals surface area contributed by atoms with E-state index in [1.54, 1.807) is 0 Å². The molecule has 0 saturated heterocycles. The minimum atomic E-state index is 0.275. The largest absolute Gasteiger partial charge is 0.457 e. The SMILES string of the molecule is C=CCNC1CC(C)=C(/C=C\C)Oc2ccccc21. The third kappa shape index (κ3) is 3.15. The molecule has 1 aliphatic heterocycles. The van der Waals surface area contributed by atoms with Gasteiger partial charge in [-0.15, -0.1) is 6.58 Å². The average molecular weight is 255 g/mol. The predicted octanol–water partition coefficient (Wildman–Crippen LogP) is 4.14. The summed E-state index contributed by atoms with van der Waals surface area (Å²) < 4.78 is 6.05. The Morgan fingerprint density at radius 3 is 2.95 bits per heavy atom. The van der Waals surface area contributed by atoms with Crippen LogP contribution in [0.4, 0.5) is 0 Å². The summed E-state index contributed by atoms with van der Waals surface area (Å²) in [5.41, 5.74) is 2.47. The highest BCUT2D eigenvalue weighted by molar-refractivity contribution is 5.41. The second-order valence-electron chi connectivity index (χ2n) is 4.74. The lowest BCUT2D eigenvalue weighted by molar-refractivity contribution is 0.436. The maximum absolute atomic E-state index is 6.05. The van der Waals surface area contributed by atoms with Gasteiger partial charge in [0.05, 0.1) is 0 Å². The molecule has 1 aromatic rings. The molecule has 1 aromatic carbocycles. The smallest absolute Gasteiger partial charge is 0.132 e. The molecular weight excluding hydrogens is 234 g/mol. The first-order chi connectivity index (χ1) is 9.26. The zero-order valence-electron chi connectivity index (χ0n) is 11.6. The van der Waals surface area contributed by atoms with Gasteiger partial charge in [0.1, 0.15) is 11.5 Å². The molecule has 2 heteroatoms. The van der Waals surface area contributed by atoms with E-state index in [0.717, 1.165) is 24.5 Å². The quantitative estimate of drug-likeness (QED) is 0.817. The van der Waals surface area contributed by atoms with Crippen LogP contribution in [-0.2, 0) is 0 Å². The van der Waals surface area contributed by atoms with Gasteiger partial charge in [-0.05, 0) is 38.0 Å². The van der Waals surface area contributed by atoms with Gasteiger partial charge in [-0.2, -0.15) is 0 Å². The second-order valence-corrected chi connectivity index (χ2v) is 4.74. The molecule has 2 nitrogen and oxygen atoms in total. The van der Waals surface area contributed by atoms with Crippen molar-refractivity contribution in [3.8, 4) is 5.75 Å². The van der Waals surface area contributed by atoms with Crippen molar-refractivity contribution in [2.24, 2.45) is 0 Å². The van der Waals surface area contributed by atoms with Crippen LogP contribution in [0.25, 0.3) is 0 Å². The normalized spacial score (nSPS) is 18.9. The first-order valence-electron chi connectivity index (χ1n) is 6.69. The summed E-state index contributed by atoms with van der Waals surface area (Å²) >= 11 is 0. The van der Waals surface area contributed by atoms with Crippen molar-refractivity contribution in [2.45, 2.75) is 26.3 Å². The molecule has 0 fully saturated rings. The van der Waals surface area contributed by atoms with Crippen LogP contribution in [0.2, 0.25) is 0 Å². The molecule has 1 atom stereocenters. The van der Waals surface area contributed by atoms with Crippen LogP contribution < -0.4 is 10.1 Å². The highest BCUT2D eigenvalue weighted by atomic mass is 16.5. The molecule has 2 rings (SSSR count). The summed E-state index contributed by atoms with van der Waals surface area (Å²) in [6.45, 7) is 8.70. The lowest BCUT2D eigenvalue weighted by Crippen LogP contribution is -2.21. The number of rotatable bonds is 4. The first-order valence-corrected chi connectivity index (χ1v) is 6.69. The number of benzene rings is 1. The van der Waals surface area contributed by atoms with Crippen LogP contribution in [0.1, 0.15) is 31.9 Å². The van der Waals surface area contributed by atoms with Crippen LogP contribution in [0.3, 0.4) is 0 Å². The number of allylic oxidation sites excluding steroid dienone is 2. The van der Waals surface area contributed by atoms with E-state index in [-0.39, 0.29) is 6.04 Å². The molecule has 0 aliphatic carbocycles. The molecule has 0 bridgehead atoms. The highest BCUT2D eigenvalue weighted by Gasteiger charge is 2.21. The molecule has 100 valence electrons. The Kier molecular flexibility index (Phi) is 4.58. The summed E-state index contributed by atoms with van der Waals surface area (Å²) in [5.74, 6) is 1.90. The van der Waals surface area contributed by atoms with Gasteiger partial charge in [0, 0.05) is 18.2 Å². The number of nitrogens with one attached hydrogen (secondary N) is 1. The molecule has 1 heterocycles. The molecule has 0 spiro atoms. The zero-order chi connectivity index (χ0) is 13.7. The van der Waals surface area contributed by atoms with Crippen molar-refractivity contribution in [1.29, 1.82) is 0 Å². The van der Waals surface area contributed by atoms with Gasteiger partial charge in [-0.1, -0.05) is 30.4 Å². The molecule has 19 heavy (non-hydrogen) atoms. The van der Waals surface area contributed by atoms with Crippen molar-refractivity contribution in [3.05, 3.63) is 66.0 Å². The maximum atomic E-state index is 6.05. The molecular formula is C17H21NO.